The van der Waals surface area contributed by atoms with Gasteiger partial charge in [-0.05, 0) is 24.8 Å². The van der Waals surface area contributed by atoms with Gasteiger partial charge in [-0.25, -0.2) is 4.39 Å². The number of hydrogen-bond donors (Lipinski definition) is 1. The van der Waals surface area contributed by atoms with Crippen LogP contribution < -0.4 is 15.2 Å². The van der Waals surface area contributed by atoms with Crippen LogP contribution in [0.2, 0.25) is 0 Å². The molecule has 1 aliphatic carbocycles. The molecule has 4 heteroatoms. The van der Waals surface area contributed by atoms with Gasteiger partial charge >= 0.3 is 0 Å². The Kier molecular flexibility index (Phi) is 4.07. The topological polar surface area (TPSA) is 44.5 Å². The summed E-state index contributed by atoms with van der Waals surface area (Å²) in [4.78, 5) is 0. The molecule has 0 amide bonds. The highest BCUT2D eigenvalue weighted by Gasteiger charge is 2.26. The van der Waals surface area contributed by atoms with E-state index >= 15 is 0 Å². The Balaban J connectivity index is 2.31. The molecule has 0 heterocycles. The van der Waals surface area contributed by atoms with Gasteiger partial charge in [0.15, 0.2) is 11.5 Å². The first-order valence-corrected chi connectivity index (χ1v) is 6.34. The maximum Gasteiger partial charge on any atom is 0.163 e. The van der Waals surface area contributed by atoms with Crippen LogP contribution in [0.25, 0.3) is 0 Å². The summed E-state index contributed by atoms with van der Waals surface area (Å²) >= 11 is 0. The lowest BCUT2D eigenvalue weighted by Gasteiger charge is -2.21. The first-order chi connectivity index (χ1) is 8.67. The van der Waals surface area contributed by atoms with E-state index in [0.29, 0.717) is 23.0 Å². The van der Waals surface area contributed by atoms with Crippen molar-refractivity contribution < 1.29 is 13.9 Å². The van der Waals surface area contributed by atoms with Gasteiger partial charge in [-0.3, -0.25) is 0 Å². The Morgan fingerprint density at radius 2 is 1.72 bits per heavy atom. The highest BCUT2D eigenvalue weighted by Crippen LogP contribution is 2.38. The summed E-state index contributed by atoms with van der Waals surface area (Å²) in [6, 6.07) is 2.76. The molecule has 0 aromatic heterocycles. The van der Waals surface area contributed by atoms with E-state index in [-0.39, 0.29) is 11.9 Å². The normalized spacial score (nSPS) is 17.8. The van der Waals surface area contributed by atoms with E-state index in [2.05, 4.69) is 0 Å². The maximum absolute atomic E-state index is 14.0. The van der Waals surface area contributed by atoms with Gasteiger partial charge in [0.2, 0.25) is 0 Å². The molecule has 0 bridgehead atoms. The van der Waals surface area contributed by atoms with E-state index in [1.165, 1.54) is 26.0 Å². The molecule has 1 aliphatic rings. The number of methoxy groups -OCH3 is 2. The lowest BCUT2D eigenvalue weighted by molar-refractivity contribution is 0.348. The summed E-state index contributed by atoms with van der Waals surface area (Å²) in [6.45, 7) is 0. The van der Waals surface area contributed by atoms with Crippen molar-refractivity contribution in [1.82, 2.24) is 0 Å². The number of benzene rings is 1. The lowest BCUT2D eigenvalue weighted by Crippen LogP contribution is -2.20. The van der Waals surface area contributed by atoms with Crippen molar-refractivity contribution >= 4 is 0 Å². The molecule has 18 heavy (non-hydrogen) atoms. The largest absolute Gasteiger partial charge is 0.493 e. The number of ether oxygens (including phenoxy) is 2. The molecule has 1 saturated carbocycles. The third kappa shape index (κ3) is 2.43. The summed E-state index contributed by atoms with van der Waals surface area (Å²) < 4.78 is 24.3. The van der Waals surface area contributed by atoms with Crippen molar-refractivity contribution in [1.29, 1.82) is 0 Å². The molecule has 1 atom stereocenters. The minimum atomic E-state index is -0.313. The van der Waals surface area contributed by atoms with Crippen LogP contribution in [0.5, 0.6) is 11.5 Å². The van der Waals surface area contributed by atoms with E-state index in [1.54, 1.807) is 13.2 Å². The van der Waals surface area contributed by atoms with Gasteiger partial charge in [0, 0.05) is 17.7 Å². The molecule has 2 rings (SSSR count). The summed E-state index contributed by atoms with van der Waals surface area (Å²) in [5, 5.41) is 0. The highest BCUT2D eigenvalue weighted by molar-refractivity contribution is 5.44. The van der Waals surface area contributed by atoms with Crippen molar-refractivity contribution in [3.8, 4) is 11.5 Å². The Bertz CT molecular complexity index is 417. The smallest absolute Gasteiger partial charge is 0.163 e. The van der Waals surface area contributed by atoms with Gasteiger partial charge in [-0.2, -0.15) is 0 Å². The van der Waals surface area contributed by atoms with Gasteiger partial charge in [-0.1, -0.05) is 12.8 Å². The van der Waals surface area contributed by atoms with Crippen LogP contribution in [0.15, 0.2) is 12.1 Å². The predicted octanol–water partition coefficient (Wildman–Crippen LogP) is 3.03. The molecule has 1 aromatic rings. The molecule has 2 N–H and O–H groups in total. The highest BCUT2D eigenvalue weighted by atomic mass is 19.1. The van der Waals surface area contributed by atoms with Crippen LogP contribution in [-0.2, 0) is 0 Å². The average molecular weight is 253 g/mol. The molecule has 100 valence electrons. The Hall–Kier alpha value is -1.29. The van der Waals surface area contributed by atoms with Crippen molar-refractivity contribution in [3.63, 3.8) is 0 Å². The Morgan fingerprint density at radius 3 is 2.28 bits per heavy atom. The average Bonchev–Trinajstić information content (AvgIpc) is 2.91. The Labute approximate surface area is 107 Å². The molecule has 0 saturated heterocycles. The maximum atomic E-state index is 14.0. The van der Waals surface area contributed by atoms with Crippen LogP contribution in [0.4, 0.5) is 4.39 Å². The first-order valence-electron chi connectivity index (χ1n) is 6.34. The second-order valence-corrected chi connectivity index (χ2v) is 4.80. The summed E-state index contributed by atoms with van der Waals surface area (Å²) in [6.07, 6.45) is 4.53. The molecule has 0 aliphatic heterocycles. The van der Waals surface area contributed by atoms with E-state index in [4.69, 9.17) is 15.2 Å². The van der Waals surface area contributed by atoms with Crippen LogP contribution >= 0.6 is 0 Å². The SMILES string of the molecule is COc1cc(F)c(C(N)C2CCCC2)cc1OC. The molecule has 3 nitrogen and oxygen atoms in total. The molecule has 1 fully saturated rings. The fourth-order valence-corrected chi connectivity index (χ4v) is 2.70. The van der Waals surface area contributed by atoms with Crippen molar-refractivity contribution in [2.75, 3.05) is 14.2 Å². The number of rotatable bonds is 4. The summed E-state index contributed by atoms with van der Waals surface area (Å²) in [5.74, 6) is 0.990. The number of nitrogens with two attached hydrogens (primary N) is 1. The third-order valence-electron chi connectivity index (χ3n) is 3.77. The van der Waals surface area contributed by atoms with E-state index in [9.17, 15) is 4.39 Å². The quantitative estimate of drug-likeness (QED) is 0.897. The summed E-state index contributed by atoms with van der Waals surface area (Å²) in [7, 11) is 3.04. The molecule has 0 spiro atoms. The standard InChI is InChI=1S/C14H20FNO2/c1-17-12-7-10(11(15)8-13(12)18-2)14(16)9-5-3-4-6-9/h7-9,14H,3-6,16H2,1-2H3. The second-order valence-electron chi connectivity index (χ2n) is 4.80. The lowest BCUT2D eigenvalue weighted by atomic mass is 9.92. The summed E-state index contributed by atoms with van der Waals surface area (Å²) in [5.41, 5.74) is 6.71. The van der Waals surface area contributed by atoms with Gasteiger partial charge < -0.3 is 15.2 Å². The monoisotopic (exact) mass is 253 g/mol. The zero-order chi connectivity index (χ0) is 13.1. The molecular weight excluding hydrogens is 233 g/mol. The van der Waals surface area contributed by atoms with Crippen LogP contribution in [0.3, 0.4) is 0 Å². The second kappa shape index (κ2) is 5.57. The fraction of sp³-hybridized carbons (Fsp3) is 0.571. The number of halogens is 1. The third-order valence-corrected chi connectivity index (χ3v) is 3.77. The zero-order valence-electron chi connectivity index (χ0n) is 10.9. The molecule has 1 unspecified atom stereocenters. The minimum Gasteiger partial charge on any atom is -0.493 e. The van der Waals surface area contributed by atoms with Gasteiger partial charge in [0.1, 0.15) is 5.82 Å². The molecular formula is C14H20FNO2. The van der Waals surface area contributed by atoms with Crippen molar-refractivity contribution in [2.24, 2.45) is 11.7 Å². The van der Waals surface area contributed by atoms with Gasteiger partial charge in [0.25, 0.3) is 0 Å². The fourth-order valence-electron chi connectivity index (χ4n) is 2.70. The molecule has 0 radical (unpaired) electrons. The minimum absolute atomic E-state index is 0.257. The van der Waals surface area contributed by atoms with Crippen LogP contribution in [0.1, 0.15) is 37.3 Å². The van der Waals surface area contributed by atoms with Crippen LogP contribution in [0, 0.1) is 11.7 Å². The van der Waals surface area contributed by atoms with Crippen LogP contribution in [-0.4, -0.2) is 14.2 Å². The number of hydrogen-bond acceptors (Lipinski definition) is 3. The van der Waals surface area contributed by atoms with Crippen molar-refractivity contribution in [3.05, 3.63) is 23.5 Å². The first kappa shape index (κ1) is 13.1. The Morgan fingerprint density at radius 1 is 1.17 bits per heavy atom. The van der Waals surface area contributed by atoms with E-state index in [1.807, 2.05) is 0 Å². The van der Waals surface area contributed by atoms with E-state index < -0.39 is 0 Å². The molecule has 1 aromatic carbocycles. The van der Waals surface area contributed by atoms with Gasteiger partial charge in [0.05, 0.1) is 14.2 Å². The van der Waals surface area contributed by atoms with Gasteiger partial charge in [-0.15, -0.1) is 0 Å². The van der Waals surface area contributed by atoms with Crippen molar-refractivity contribution in [2.45, 2.75) is 31.7 Å². The predicted molar refractivity (Wildman–Crippen MR) is 68.4 cm³/mol. The zero-order valence-corrected chi connectivity index (χ0v) is 10.9. The van der Waals surface area contributed by atoms with E-state index in [0.717, 1.165) is 12.8 Å².